The van der Waals surface area contributed by atoms with Crippen LogP contribution < -0.4 is 5.32 Å². The minimum atomic E-state index is -0.395. The van der Waals surface area contributed by atoms with Crippen molar-refractivity contribution in [1.82, 2.24) is 15.1 Å². The monoisotopic (exact) mass is 401 g/mol. The SMILES string of the molecule is O=C(NCCC1CCCCN1C(=O)CCN1C(=O)COCC1=O)c1ccccc1. The van der Waals surface area contributed by atoms with Crippen molar-refractivity contribution >= 4 is 23.6 Å². The molecule has 1 atom stereocenters. The first-order valence-corrected chi connectivity index (χ1v) is 10.1. The summed E-state index contributed by atoms with van der Waals surface area (Å²) in [6.45, 7) is 1.01. The van der Waals surface area contributed by atoms with Gasteiger partial charge < -0.3 is 15.0 Å². The van der Waals surface area contributed by atoms with Gasteiger partial charge in [0, 0.05) is 37.7 Å². The van der Waals surface area contributed by atoms with Crippen LogP contribution in [-0.4, -0.2) is 72.3 Å². The number of benzene rings is 1. The molecule has 2 aliphatic heterocycles. The van der Waals surface area contributed by atoms with Gasteiger partial charge in [0.15, 0.2) is 0 Å². The van der Waals surface area contributed by atoms with Crippen LogP contribution in [0.2, 0.25) is 0 Å². The molecule has 2 aliphatic rings. The van der Waals surface area contributed by atoms with Crippen LogP contribution in [0, 0.1) is 0 Å². The number of hydrogen-bond donors (Lipinski definition) is 1. The fraction of sp³-hybridized carbons (Fsp3) is 0.524. The van der Waals surface area contributed by atoms with Crippen LogP contribution in [0.1, 0.15) is 42.5 Å². The molecule has 8 nitrogen and oxygen atoms in total. The Bertz CT molecular complexity index is 736. The predicted octanol–water partition coefficient (Wildman–Crippen LogP) is 0.963. The Balaban J connectivity index is 1.48. The molecule has 29 heavy (non-hydrogen) atoms. The van der Waals surface area contributed by atoms with Gasteiger partial charge in [-0.05, 0) is 37.8 Å². The maximum atomic E-state index is 12.7. The van der Waals surface area contributed by atoms with E-state index in [1.54, 1.807) is 12.1 Å². The largest absolute Gasteiger partial charge is 0.362 e. The van der Waals surface area contributed by atoms with E-state index in [1.165, 1.54) is 0 Å². The fourth-order valence-electron chi connectivity index (χ4n) is 3.79. The summed E-state index contributed by atoms with van der Waals surface area (Å²) < 4.78 is 4.89. The van der Waals surface area contributed by atoms with Crippen LogP contribution in [0.25, 0.3) is 0 Å². The Labute approximate surface area is 170 Å². The number of likely N-dealkylation sites (tertiary alicyclic amines) is 1. The molecular weight excluding hydrogens is 374 g/mol. The molecule has 1 unspecified atom stereocenters. The van der Waals surface area contributed by atoms with Gasteiger partial charge in [-0.25, -0.2) is 0 Å². The number of ether oxygens (including phenoxy) is 1. The number of imide groups is 1. The molecule has 0 aromatic heterocycles. The lowest BCUT2D eigenvalue weighted by Crippen LogP contribution is -2.49. The molecule has 8 heteroatoms. The maximum Gasteiger partial charge on any atom is 0.255 e. The molecule has 4 amide bonds. The third kappa shape index (κ3) is 5.63. The highest BCUT2D eigenvalue weighted by atomic mass is 16.5. The van der Waals surface area contributed by atoms with Crippen LogP contribution in [0.3, 0.4) is 0 Å². The van der Waals surface area contributed by atoms with Crippen molar-refractivity contribution in [2.75, 3.05) is 32.8 Å². The zero-order valence-corrected chi connectivity index (χ0v) is 16.5. The van der Waals surface area contributed by atoms with Gasteiger partial charge in [0.05, 0.1) is 0 Å². The first-order chi connectivity index (χ1) is 14.1. The zero-order valence-electron chi connectivity index (χ0n) is 16.5. The number of hydrogen-bond acceptors (Lipinski definition) is 5. The van der Waals surface area contributed by atoms with Crippen molar-refractivity contribution in [3.63, 3.8) is 0 Å². The van der Waals surface area contributed by atoms with Crippen molar-refractivity contribution in [1.29, 1.82) is 0 Å². The highest BCUT2D eigenvalue weighted by Crippen LogP contribution is 2.20. The van der Waals surface area contributed by atoms with Crippen molar-refractivity contribution in [3.8, 4) is 0 Å². The van der Waals surface area contributed by atoms with Gasteiger partial charge in [0.2, 0.25) is 5.91 Å². The number of piperidine rings is 1. The van der Waals surface area contributed by atoms with Gasteiger partial charge in [-0.3, -0.25) is 24.1 Å². The van der Waals surface area contributed by atoms with Crippen LogP contribution in [0.4, 0.5) is 0 Å². The van der Waals surface area contributed by atoms with E-state index < -0.39 is 11.8 Å². The Morgan fingerprint density at radius 2 is 1.79 bits per heavy atom. The molecule has 0 aliphatic carbocycles. The summed E-state index contributed by atoms with van der Waals surface area (Å²) in [4.78, 5) is 51.5. The third-order valence-electron chi connectivity index (χ3n) is 5.35. The average molecular weight is 401 g/mol. The molecular formula is C21H27N3O5. The molecule has 0 saturated carbocycles. The van der Waals surface area contributed by atoms with Crippen molar-refractivity contribution < 1.29 is 23.9 Å². The quantitative estimate of drug-likeness (QED) is 0.687. The van der Waals surface area contributed by atoms with Gasteiger partial charge in [-0.15, -0.1) is 0 Å². The Hall–Kier alpha value is -2.74. The minimum absolute atomic E-state index is 0.0587. The van der Waals surface area contributed by atoms with Crippen LogP contribution >= 0.6 is 0 Å². The second kappa shape index (κ2) is 10.2. The van der Waals surface area contributed by atoms with E-state index in [1.807, 2.05) is 23.1 Å². The van der Waals surface area contributed by atoms with Crippen molar-refractivity contribution in [2.24, 2.45) is 0 Å². The number of nitrogens with one attached hydrogen (secondary N) is 1. The molecule has 1 aromatic carbocycles. The maximum absolute atomic E-state index is 12.7. The molecule has 156 valence electrons. The summed E-state index contributed by atoms with van der Waals surface area (Å²) >= 11 is 0. The van der Waals surface area contributed by atoms with E-state index in [9.17, 15) is 19.2 Å². The number of rotatable bonds is 7. The Kier molecular flexibility index (Phi) is 7.35. The number of carbonyl (C=O) groups excluding carboxylic acids is 4. The number of carbonyl (C=O) groups is 4. The minimum Gasteiger partial charge on any atom is -0.362 e. The van der Waals surface area contributed by atoms with Crippen molar-refractivity contribution in [3.05, 3.63) is 35.9 Å². The number of nitrogens with zero attached hydrogens (tertiary/aromatic N) is 2. The molecule has 2 fully saturated rings. The van der Waals surface area contributed by atoms with E-state index in [0.29, 0.717) is 25.1 Å². The highest BCUT2D eigenvalue weighted by molar-refractivity contribution is 5.98. The third-order valence-corrected chi connectivity index (χ3v) is 5.35. The van der Waals surface area contributed by atoms with E-state index in [4.69, 9.17) is 4.74 Å². The van der Waals surface area contributed by atoms with Gasteiger partial charge in [-0.1, -0.05) is 18.2 Å². The first kappa shape index (κ1) is 21.0. The summed E-state index contributed by atoms with van der Waals surface area (Å²) in [5.74, 6) is -0.972. The molecule has 1 N–H and O–H groups in total. The van der Waals surface area contributed by atoms with Crippen LogP contribution in [0.15, 0.2) is 30.3 Å². The molecule has 2 heterocycles. The lowest BCUT2D eigenvalue weighted by atomic mass is 9.98. The normalized spacial score (nSPS) is 19.9. The van der Waals surface area contributed by atoms with Crippen LogP contribution in [0.5, 0.6) is 0 Å². The van der Waals surface area contributed by atoms with E-state index >= 15 is 0 Å². The lowest BCUT2D eigenvalue weighted by Gasteiger charge is -2.36. The summed E-state index contributed by atoms with van der Waals surface area (Å²) in [5.41, 5.74) is 0.615. The molecule has 0 bridgehead atoms. The molecule has 2 saturated heterocycles. The smallest absolute Gasteiger partial charge is 0.255 e. The second-order valence-corrected chi connectivity index (χ2v) is 7.33. The van der Waals surface area contributed by atoms with Gasteiger partial charge in [-0.2, -0.15) is 0 Å². The van der Waals surface area contributed by atoms with E-state index in [-0.39, 0.29) is 44.0 Å². The molecule has 0 spiro atoms. The van der Waals surface area contributed by atoms with Crippen molar-refractivity contribution in [2.45, 2.75) is 38.1 Å². The Morgan fingerprint density at radius 3 is 2.52 bits per heavy atom. The van der Waals surface area contributed by atoms with Gasteiger partial charge in [0.25, 0.3) is 17.7 Å². The summed E-state index contributed by atoms with van der Waals surface area (Å²) in [6, 6.07) is 9.09. The summed E-state index contributed by atoms with van der Waals surface area (Å²) in [7, 11) is 0. The Morgan fingerprint density at radius 1 is 1.07 bits per heavy atom. The summed E-state index contributed by atoms with van der Waals surface area (Å²) in [6.07, 6.45) is 3.67. The molecule has 1 aromatic rings. The topological polar surface area (TPSA) is 96.0 Å². The highest BCUT2D eigenvalue weighted by Gasteiger charge is 2.30. The van der Waals surface area contributed by atoms with Crippen LogP contribution in [-0.2, 0) is 19.1 Å². The first-order valence-electron chi connectivity index (χ1n) is 10.1. The standard InChI is InChI=1S/C21H27N3O5/c25-18(10-13-24-19(26)14-29-15-20(24)27)23-12-5-4-8-17(23)9-11-22-21(28)16-6-2-1-3-7-16/h1-3,6-7,17H,4-5,8-15H2,(H,22,28). The number of amides is 4. The molecule has 3 rings (SSSR count). The lowest BCUT2D eigenvalue weighted by molar-refractivity contribution is -0.158. The average Bonchev–Trinajstić information content (AvgIpc) is 2.74. The van der Waals surface area contributed by atoms with E-state index in [2.05, 4.69) is 5.32 Å². The predicted molar refractivity (Wildman–Crippen MR) is 105 cm³/mol. The fourth-order valence-corrected chi connectivity index (χ4v) is 3.79. The van der Waals surface area contributed by atoms with E-state index in [0.717, 1.165) is 24.2 Å². The summed E-state index contributed by atoms with van der Waals surface area (Å²) in [5, 5.41) is 2.91. The zero-order chi connectivity index (χ0) is 20.6. The number of morpholine rings is 1. The van der Waals surface area contributed by atoms with Gasteiger partial charge in [0.1, 0.15) is 13.2 Å². The van der Waals surface area contributed by atoms with Gasteiger partial charge >= 0.3 is 0 Å². The molecule has 0 radical (unpaired) electrons. The second-order valence-electron chi connectivity index (χ2n) is 7.33.